The van der Waals surface area contributed by atoms with E-state index in [4.69, 9.17) is 10.5 Å². The number of anilines is 1. The van der Waals surface area contributed by atoms with Crippen LogP contribution in [-0.2, 0) is 16.6 Å². The van der Waals surface area contributed by atoms with E-state index in [2.05, 4.69) is 66.4 Å². The van der Waals surface area contributed by atoms with Crippen molar-refractivity contribution < 1.29 is 9.59 Å². The fourth-order valence-electron chi connectivity index (χ4n) is 2.37. The molecule has 7 nitrogen and oxygen atoms in total. The molecule has 0 aliphatic carbocycles. The van der Waals surface area contributed by atoms with Gasteiger partial charge in [0.2, 0.25) is 6.41 Å². The van der Waals surface area contributed by atoms with Crippen molar-refractivity contribution in [1.29, 1.82) is 0 Å². The average molecular weight is 526 g/mol. The first kappa shape index (κ1) is 39.0. The minimum atomic E-state index is 0.583. The number of allylic oxidation sites excluding steroid dienone is 2. The molecule has 0 spiro atoms. The molecule has 1 amide bonds. The highest BCUT2D eigenvalue weighted by Crippen LogP contribution is 2.22. The number of nitrogens with two attached hydrogens (primary N) is 1. The molecule has 7 heteroatoms. The third kappa shape index (κ3) is 18.7. The number of hydrogen-bond acceptors (Lipinski definition) is 5. The number of aldehydes is 1. The van der Waals surface area contributed by atoms with Crippen molar-refractivity contribution in [3.63, 3.8) is 0 Å². The first-order valence-corrected chi connectivity index (χ1v) is 12.8. The quantitative estimate of drug-likeness (QED) is 0.293. The number of fused-ring (bicyclic) bond motifs is 1. The molecule has 3 aromatic rings. The van der Waals surface area contributed by atoms with Crippen LogP contribution < -0.4 is 11.1 Å². The van der Waals surface area contributed by atoms with E-state index in [1.165, 1.54) is 12.5 Å². The molecule has 2 aromatic carbocycles. The molecule has 1 aromatic heterocycles. The van der Waals surface area contributed by atoms with Gasteiger partial charge in [-0.15, -0.1) is 6.58 Å². The topological polar surface area (TPSA) is 93.2 Å². The highest BCUT2D eigenvalue weighted by molar-refractivity contribution is 5.85. The van der Waals surface area contributed by atoms with E-state index in [0.717, 1.165) is 40.9 Å². The minimum Gasteiger partial charge on any atom is -0.329 e. The summed E-state index contributed by atoms with van der Waals surface area (Å²) >= 11 is 0. The maximum atomic E-state index is 10.4. The Hall–Kier alpha value is -3.55. The summed E-state index contributed by atoms with van der Waals surface area (Å²) in [6, 6.07) is 16.0. The van der Waals surface area contributed by atoms with Gasteiger partial charge in [0, 0.05) is 19.3 Å². The zero-order chi connectivity index (χ0) is 29.9. The highest BCUT2D eigenvalue weighted by atomic mass is 16.1. The lowest BCUT2D eigenvalue weighted by molar-refractivity contribution is -0.106. The van der Waals surface area contributed by atoms with Crippen LogP contribution in [0.4, 0.5) is 5.69 Å². The minimum absolute atomic E-state index is 0.583. The normalized spacial score (nSPS) is 9.32. The molecule has 212 valence electrons. The Bertz CT molecular complexity index is 1030. The molecular weight excluding hydrogens is 474 g/mol. The summed E-state index contributed by atoms with van der Waals surface area (Å²) in [5, 5.41) is 2.63. The van der Waals surface area contributed by atoms with Gasteiger partial charge in [-0.1, -0.05) is 68.8 Å². The number of benzene rings is 2. The first-order chi connectivity index (χ1) is 18.2. The molecule has 3 rings (SSSR count). The molecule has 0 saturated carbocycles. The van der Waals surface area contributed by atoms with Crippen LogP contribution in [0.15, 0.2) is 67.3 Å². The summed E-state index contributed by atoms with van der Waals surface area (Å²) in [6.07, 6.45) is 5.11. The Labute approximate surface area is 231 Å². The number of nitrogens with one attached hydrogen (secondary N) is 1. The average Bonchev–Trinajstić information content (AvgIpc) is 3.26. The van der Waals surface area contributed by atoms with Gasteiger partial charge in [0.25, 0.3) is 0 Å². The van der Waals surface area contributed by atoms with Crippen LogP contribution in [0.3, 0.4) is 0 Å². The molecule has 1 heterocycles. The van der Waals surface area contributed by atoms with Crippen LogP contribution >= 0.6 is 0 Å². The number of nitrogens with zero attached hydrogens (tertiary/aromatic N) is 3. The van der Waals surface area contributed by atoms with E-state index < -0.39 is 0 Å². The van der Waals surface area contributed by atoms with E-state index >= 15 is 0 Å². The van der Waals surface area contributed by atoms with Crippen molar-refractivity contribution in [1.82, 2.24) is 14.5 Å². The van der Waals surface area contributed by atoms with Gasteiger partial charge in [-0.3, -0.25) is 4.79 Å². The molecule has 3 N–H and O–H groups in total. The smallest absolute Gasteiger partial charge is 0.211 e. The van der Waals surface area contributed by atoms with Gasteiger partial charge in [0.05, 0.1) is 11.0 Å². The molecule has 0 atom stereocenters. The Balaban J connectivity index is -0.000000482. The second-order valence-electron chi connectivity index (χ2n) is 7.74. The summed E-state index contributed by atoms with van der Waals surface area (Å²) in [4.78, 5) is 25.9. The summed E-state index contributed by atoms with van der Waals surface area (Å²) in [5.74, 6) is 0.950. The lowest BCUT2D eigenvalue weighted by atomic mass is 10.2. The lowest BCUT2D eigenvalue weighted by Crippen LogP contribution is -2.08. The third-order valence-electron chi connectivity index (χ3n) is 4.63. The zero-order valence-electron chi connectivity index (χ0n) is 25.3. The van der Waals surface area contributed by atoms with Gasteiger partial charge < -0.3 is 25.3 Å². The number of aromatic nitrogens is 2. The largest absolute Gasteiger partial charge is 0.329 e. The second-order valence-corrected chi connectivity index (χ2v) is 7.74. The molecule has 0 aliphatic rings. The number of carbonyl (C=O) groups is 2. The standard InChI is InChI=1S/C13H15N3O.C7H8.C4H11N.C3H7N.C2H4O.C2H6/c1-4-9(2)13-15-11-7-10(14-8-17)5-6-12(11)16(13)3;1-7-5-3-2-4-6-7;1-4-5(2)3;1-2-3-4;1-2-3;1-2/h4-8H,1-3H3,(H,14,17);2-6H,1H3;4H2,1-3H3;2H,1,3-4H2;2H,1H3;1-2H3/b9-4+;;;;;. The number of imidazole rings is 1. The predicted octanol–water partition coefficient (Wildman–Crippen LogP) is 6.49. The number of carbonyl (C=O) groups excluding carboxylic acids is 2. The van der Waals surface area contributed by atoms with Crippen LogP contribution in [0, 0.1) is 6.92 Å². The van der Waals surface area contributed by atoms with Crippen LogP contribution in [0.1, 0.15) is 52.9 Å². The fourth-order valence-corrected chi connectivity index (χ4v) is 2.37. The van der Waals surface area contributed by atoms with E-state index in [0.29, 0.717) is 13.0 Å². The highest BCUT2D eigenvalue weighted by Gasteiger charge is 2.08. The van der Waals surface area contributed by atoms with E-state index in [9.17, 15) is 4.79 Å². The fraction of sp³-hybridized carbons (Fsp3) is 0.387. The van der Waals surface area contributed by atoms with Crippen LogP contribution in [0.2, 0.25) is 0 Å². The van der Waals surface area contributed by atoms with Crippen molar-refractivity contribution >= 4 is 35.0 Å². The lowest BCUT2D eigenvalue weighted by Gasteiger charge is -2.01. The summed E-state index contributed by atoms with van der Waals surface area (Å²) in [6.45, 7) is 18.8. The number of amides is 1. The number of hydrogen-bond donors (Lipinski definition) is 2. The summed E-state index contributed by atoms with van der Waals surface area (Å²) < 4.78 is 2.05. The Kier molecular flexibility index (Phi) is 27.2. The molecule has 0 unspecified atom stereocenters. The maximum Gasteiger partial charge on any atom is 0.211 e. The van der Waals surface area contributed by atoms with Crippen molar-refractivity contribution in [3.8, 4) is 0 Å². The van der Waals surface area contributed by atoms with E-state index in [-0.39, 0.29) is 0 Å². The van der Waals surface area contributed by atoms with Crippen molar-refractivity contribution in [2.75, 3.05) is 32.5 Å². The van der Waals surface area contributed by atoms with Gasteiger partial charge in [-0.05, 0) is 72.1 Å². The van der Waals surface area contributed by atoms with Gasteiger partial charge in [0.15, 0.2) is 0 Å². The SMILES string of the molecule is C/C=C(\C)c1nc2cc(NC=O)ccc2n1C.C=CCN.CC.CC=O.CCN(C)C.Cc1ccccc1. The van der Waals surface area contributed by atoms with Crippen molar-refractivity contribution in [3.05, 3.63) is 78.6 Å². The maximum absolute atomic E-state index is 10.4. The van der Waals surface area contributed by atoms with Gasteiger partial charge in [0.1, 0.15) is 12.1 Å². The third-order valence-corrected chi connectivity index (χ3v) is 4.63. The zero-order valence-corrected chi connectivity index (χ0v) is 25.3. The van der Waals surface area contributed by atoms with E-state index in [1.54, 1.807) is 6.08 Å². The monoisotopic (exact) mass is 525 g/mol. The van der Waals surface area contributed by atoms with Crippen molar-refractivity contribution in [2.45, 2.75) is 48.5 Å². The second kappa shape index (κ2) is 26.5. The van der Waals surface area contributed by atoms with E-state index in [1.807, 2.05) is 77.2 Å². The Morgan fingerprint density at radius 1 is 1.11 bits per heavy atom. The predicted molar refractivity (Wildman–Crippen MR) is 167 cm³/mol. The van der Waals surface area contributed by atoms with Crippen LogP contribution in [0.5, 0.6) is 0 Å². The molecule has 0 aliphatic heterocycles. The molecular formula is C31H51N5O2. The molecule has 0 fully saturated rings. The molecule has 0 radical (unpaired) electrons. The van der Waals surface area contributed by atoms with Gasteiger partial charge in [-0.2, -0.15) is 0 Å². The van der Waals surface area contributed by atoms with Gasteiger partial charge in [-0.25, -0.2) is 4.98 Å². The Morgan fingerprint density at radius 2 is 1.61 bits per heavy atom. The molecule has 0 saturated heterocycles. The van der Waals surface area contributed by atoms with Crippen LogP contribution in [-0.4, -0.2) is 54.3 Å². The molecule has 0 bridgehead atoms. The first-order valence-electron chi connectivity index (χ1n) is 12.8. The summed E-state index contributed by atoms with van der Waals surface area (Å²) in [7, 11) is 6.10. The number of rotatable bonds is 5. The number of aryl methyl sites for hydroxylation is 2. The molecule has 38 heavy (non-hydrogen) atoms. The van der Waals surface area contributed by atoms with Crippen LogP contribution in [0.25, 0.3) is 16.6 Å². The van der Waals surface area contributed by atoms with Crippen molar-refractivity contribution in [2.24, 2.45) is 12.8 Å². The Morgan fingerprint density at radius 3 is 1.95 bits per heavy atom. The van der Waals surface area contributed by atoms with Gasteiger partial charge >= 0.3 is 0 Å². The summed E-state index contributed by atoms with van der Waals surface area (Å²) in [5.41, 5.74) is 10.1.